The number of thioether (sulfide) groups is 1. The summed E-state index contributed by atoms with van der Waals surface area (Å²) in [5.41, 5.74) is -0.700. The van der Waals surface area contributed by atoms with Crippen LogP contribution >= 0.6 is 39.0 Å². The maximum absolute atomic E-state index is 14.0. The molecule has 2 aliphatic heterocycles. The second-order valence-electron chi connectivity index (χ2n) is 9.84. The molecular weight excluding hydrogens is 671 g/mol. The molecule has 2 aliphatic rings. The summed E-state index contributed by atoms with van der Waals surface area (Å²) < 4.78 is 43.7. The molecule has 2 N–H and O–H groups in total. The van der Waals surface area contributed by atoms with E-state index < -0.39 is 63.7 Å². The van der Waals surface area contributed by atoms with Crippen molar-refractivity contribution in [3.05, 3.63) is 103 Å². The molecule has 220 valence electrons. The number of thiazole rings is 1. The molecule has 0 aliphatic carbocycles. The number of aromatic hydroxyl groups is 1. The van der Waals surface area contributed by atoms with E-state index in [2.05, 4.69) is 21.2 Å². The molecule has 1 saturated heterocycles. The Bertz CT molecular complexity index is 1840. The molecule has 0 radical (unpaired) electrons. The summed E-state index contributed by atoms with van der Waals surface area (Å²) in [5, 5.41) is 11.3. The highest BCUT2D eigenvalue weighted by atomic mass is 79.9. The molecule has 3 atom stereocenters. The first-order chi connectivity index (χ1) is 20.4. The monoisotopic (exact) mass is 689 g/mol. The summed E-state index contributed by atoms with van der Waals surface area (Å²) in [6, 6.07) is 17.1. The molecule has 0 saturated carbocycles. The first-order valence-electron chi connectivity index (χ1n) is 12.7. The van der Waals surface area contributed by atoms with Crippen molar-refractivity contribution in [3.63, 3.8) is 0 Å². The summed E-state index contributed by atoms with van der Waals surface area (Å²) in [4.78, 5) is 54.5. The molecular formula is C29H19BrF3N3O5S2. The third-order valence-electron chi connectivity index (χ3n) is 7.16. The number of fused-ring (bicyclic) bond motifs is 2. The van der Waals surface area contributed by atoms with Crippen molar-refractivity contribution < 1.29 is 32.7 Å². The number of phenols is 1. The number of nitrogens with zero attached hydrogens (tertiary/aromatic N) is 2. The second kappa shape index (κ2) is 11.0. The molecule has 43 heavy (non-hydrogen) atoms. The molecule has 1 fully saturated rings. The number of imide groups is 1. The molecule has 14 heteroatoms. The van der Waals surface area contributed by atoms with Gasteiger partial charge in [0.2, 0.25) is 17.7 Å². The van der Waals surface area contributed by atoms with E-state index in [0.717, 1.165) is 35.2 Å². The van der Waals surface area contributed by atoms with Gasteiger partial charge in [-0.15, -0.1) is 0 Å². The number of amides is 3. The second-order valence-corrected chi connectivity index (χ2v) is 12.9. The Labute approximate surface area is 258 Å². The van der Waals surface area contributed by atoms with Crippen molar-refractivity contribution in [2.75, 3.05) is 10.2 Å². The Morgan fingerprint density at radius 2 is 1.70 bits per heavy atom. The molecule has 3 aromatic carbocycles. The lowest BCUT2D eigenvalue weighted by atomic mass is 9.83. The van der Waals surface area contributed by atoms with E-state index in [4.69, 9.17) is 0 Å². The fourth-order valence-electron chi connectivity index (χ4n) is 5.35. The summed E-state index contributed by atoms with van der Waals surface area (Å²) in [6.07, 6.45) is -4.81. The molecule has 8 nitrogen and oxygen atoms in total. The van der Waals surface area contributed by atoms with Gasteiger partial charge in [-0.3, -0.25) is 23.7 Å². The molecule has 3 amide bonds. The van der Waals surface area contributed by atoms with E-state index in [-0.39, 0.29) is 5.75 Å². The predicted octanol–water partition coefficient (Wildman–Crippen LogP) is 5.83. The van der Waals surface area contributed by atoms with Crippen LogP contribution in [0.2, 0.25) is 0 Å². The zero-order valence-electron chi connectivity index (χ0n) is 21.7. The number of nitrogens with one attached hydrogen (secondary N) is 1. The van der Waals surface area contributed by atoms with E-state index >= 15 is 0 Å². The Hall–Kier alpha value is -3.88. The van der Waals surface area contributed by atoms with Gasteiger partial charge in [-0.05, 0) is 54.1 Å². The number of carbonyl (C=O) groups excluding carboxylic acids is 3. The molecule has 4 aromatic rings. The summed E-state index contributed by atoms with van der Waals surface area (Å²) in [6.45, 7) is -0.413. The zero-order chi connectivity index (χ0) is 30.6. The molecule has 1 aromatic heterocycles. The summed E-state index contributed by atoms with van der Waals surface area (Å²) in [5.74, 6) is -4.11. The van der Waals surface area contributed by atoms with Crippen LogP contribution in [0.1, 0.15) is 21.9 Å². The standard InChI is InChI=1S/C29H19BrF3N3O5S2/c30-15-5-3-4-14(12-15)21-22-23(26(40)36(25(22)39)19-7-2-1-6-18(19)29(31,32)33)42-27-24(21)43-28(41)35(27)13-20(38)34-16-8-10-17(37)11-9-16/h1-12,21-23,37H,13H2,(H,34,38). The Kier molecular flexibility index (Phi) is 7.47. The number of para-hydroxylation sites is 1. The van der Waals surface area contributed by atoms with Crippen LogP contribution in [0.15, 0.2) is 87.1 Å². The fourth-order valence-corrected chi connectivity index (χ4v) is 8.54. The molecule has 0 spiro atoms. The Morgan fingerprint density at radius 3 is 2.40 bits per heavy atom. The number of phenolic OH excluding ortho intramolecular Hbond substituents is 1. The van der Waals surface area contributed by atoms with E-state index in [0.29, 0.717) is 30.5 Å². The highest BCUT2D eigenvalue weighted by molar-refractivity contribution is 9.10. The van der Waals surface area contributed by atoms with Gasteiger partial charge in [0.15, 0.2) is 0 Å². The number of benzene rings is 3. The van der Waals surface area contributed by atoms with Gasteiger partial charge in [0.1, 0.15) is 17.5 Å². The highest BCUT2D eigenvalue weighted by Crippen LogP contribution is 2.54. The fraction of sp³-hybridized carbons (Fsp3) is 0.172. The number of alkyl halides is 3. The quantitative estimate of drug-likeness (QED) is 0.202. The molecule has 0 bridgehead atoms. The van der Waals surface area contributed by atoms with Crippen LogP contribution in [-0.2, 0) is 27.1 Å². The third kappa shape index (κ3) is 5.27. The van der Waals surface area contributed by atoms with Gasteiger partial charge in [-0.25, -0.2) is 4.90 Å². The highest BCUT2D eigenvalue weighted by Gasteiger charge is 2.57. The average molecular weight is 691 g/mol. The van der Waals surface area contributed by atoms with Crippen molar-refractivity contribution in [1.29, 1.82) is 0 Å². The molecule has 3 heterocycles. The third-order valence-corrected chi connectivity index (χ3v) is 10.3. The number of hydrogen-bond acceptors (Lipinski definition) is 7. The Morgan fingerprint density at radius 1 is 0.977 bits per heavy atom. The maximum atomic E-state index is 14.0. The number of rotatable bonds is 5. The van der Waals surface area contributed by atoms with Gasteiger partial charge >= 0.3 is 11.0 Å². The minimum absolute atomic E-state index is 0.00773. The average Bonchev–Trinajstić information content (AvgIpc) is 3.39. The summed E-state index contributed by atoms with van der Waals surface area (Å²) in [7, 11) is 0. The smallest absolute Gasteiger partial charge is 0.418 e. The van der Waals surface area contributed by atoms with Crippen LogP contribution in [0.4, 0.5) is 24.5 Å². The van der Waals surface area contributed by atoms with Gasteiger partial charge in [0.05, 0.1) is 22.2 Å². The van der Waals surface area contributed by atoms with Gasteiger partial charge in [0.25, 0.3) is 0 Å². The minimum atomic E-state index is -4.81. The maximum Gasteiger partial charge on any atom is 0.418 e. The Balaban J connectivity index is 1.43. The lowest BCUT2D eigenvalue weighted by molar-refractivity contribution is -0.137. The van der Waals surface area contributed by atoms with E-state index in [9.17, 15) is 37.5 Å². The van der Waals surface area contributed by atoms with Gasteiger partial charge in [0, 0.05) is 21.0 Å². The van der Waals surface area contributed by atoms with Crippen LogP contribution in [-0.4, -0.2) is 32.6 Å². The van der Waals surface area contributed by atoms with E-state index in [1.807, 2.05) is 0 Å². The SMILES string of the molecule is O=C(Cn1c2c(sc1=O)C(c1cccc(Br)c1)C1C(=O)N(c3ccccc3C(F)(F)F)C(=O)C1S2)Nc1ccc(O)cc1. The lowest BCUT2D eigenvalue weighted by Gasteiger charge is -2.30. The van der Waals surface area contributed by atoms with Gasteiger partial charge in [-0.2, -0.15) is 13.2 Å². The number of anilines is 2. The number of halogens is 4. The van der Waals surface area contributed by atoms with Crippen LogP contribution < -0.4 is 15.1 Å². The largest absolute Gasteiger partial charge is 0.508 e. The molecule has 3 unspecified atom stereocenters. The minimum Gasteiger partial charge on any atom is -0.508 e. The first kappa shape index (κ1) is 29.2. The van der Waals surface area contributed by atoms with Crippen LogP contribution in [0.25, 0.3) is 0 Å². The van der Waals surface area contributed by atoms with Crippen molar-refractivity contribution >= 4 is 68.1 Å². The summed E-state index contributed by atoms with van der Waals surface area (Å²) >= 11 is 5.15. The topological polar surface area (TPSA) is 109 Å². The molecule has 6 rings (SSSR count). The van der Waals surface area contributed by atoms with Gasteiger partial charge < -0.3 is 10.4 Å². The lowest BCUT2D eigenvalue weighted by Crippen LogP contribution is -2.33. The van der Waals surface area contributed by atoms with Crippen LogP contribution in [0, 0.1) is 5.92 Å². The number of carbonyl (C=O) groups is 3. The number of aromatic nitrogens is 1. The van der Waals surface area contributed by atoms with Crippen LogP contribution in [0.5, 0.6) is 5.75 Å². The van der Waals surface area contributed by atoms with E-state index in [1.165, 1.54) is 41.0 Å². The van der Waals surface area contributed by atoms with Crippen molar-refractivity contribution in [2.24, 2.45) is 5.92 Å². The van der Waals surface area contributed by atoms with Crippen molar-refractivity contribution in [2.45, 2.75) is 28.9 Å². The van der Waals surface area contributed by atoms with Gasteiger partial charge in [-0.1, -0.05) is 63.3 Å². The van der Waals surface area contributed by atoms with E-state index in [1.54, 1.807) is 24.3 Å². The predicted molar refractivity (Wildman–Crippen MR) is 158 cm³/mol. The first-order valence-corrected chi connectivity index (χ1v) is 15.2. The number of hydrogen-bond donors (Lipinski definition) is 2. The normalized spacial score (nSPS) is 19.7. The van der Waals surface area contributed by atoms with Crippen LogP contribution in [0.3, 0.4) is 0 Å². The van der Waals surface area contributed by atoms with Crippen molar-refractivity contribution in [3.8, 4) is 5.75 Å². The van der Waals surface area contributed by atoms with Crippen molar-refractivity contribution in [1.82, 2.24) is 4.57 Å². The zero-order valence-corrected chi connectivity index (χ0v) is 24.9.